The number of pyridine rings is 1. The second-order valence-corrected chi connectivity index (χ2v) is 5.86. The normalized spacial score (nSPS) is 18.3. The van der Waals surface area contributed by atoms with Crippen molar-refractivity contribution in [1.82, 2.24) is 19.4 Å². The maximum absolute atomic E-state index is 12.6. The molecule has 1 aliphatic heterocycles. The minimum atomic E-state index is 0.0580. The van der Waals surface area contributed by atoms with Crippen LogP contribution in [0, 0.1) is 0 Å². The van der Waals surface area contributed by atoms with Crippen molar-refractivity contribution in [3.8, 4) is 0 Å². The van der Waals surface area contributed by atoms with E-state index in [0.29, 0.717) is 11.6 Å². The number of amides is 1. The van der Waals surface area contributed by atoms with Gasteiger partial charge in [0.2, 0.25) is 0 Å². The molecule has 1 amide bonds. The molecule has 3 heterocycles. The van der Waals surface area contributed by atoms with Crippen LogP contribution in [0.3, 0.4) is 0 Å². The Kier molecular flexibility index (Phi) is 4.09. The molecule has 1 fully saturated rings. The first-order valence-electron chi connectivity index (χ1n) is 7.55. The van der Waals surface area contributed by atoms with Crippen LogP contribution >= 0.6 is 0 Å². The quantitative estimate of drug-likeness (QED) is 0.867. The third-order valence-corrected chi connectivity index (χ3v) is 4.08. The van der Waals surface area contributed by atoms with E-state index in [-0.39, 0.29) is 5.91 Å². The molecule has 0 aliphatic carbocycles. The van der Waals surface area contributed by atoms with Gasteiger partial charge < -0.3 is 14.4 Å². The lowest BCUT2D eigenvalue weighted by molar-refractivity contribution is 0.0679. The highest BCUT2D eigenvalue weighted by Crippen LogP contribution is 2.22. The molecule has 0 radical (unpaired) electrons. The predicted molar refractivity (Wildman–Crippen MR) is 85.0 cm³/mol. The number of hydrogen-bond acceptors (Lipinski definition) is 4. The Bertz CT molecular complexity index is 620. The van der Waals surface area contributed by atoms with Crippen molar-refractivity contribution in [3.05, 3.63) is 42.6 Å². The topological polar surface area (TPSA) is 54.3 Å². The number of anilines is 1. The summed E-state index contributed by atoms with van der Waals surface area (Å²) < 4.78 is 2.09. The van der Waals surface area contributed by atoms with Crippen LogP contribution in [0.5, 0.6) is 0 Å². The van der Waals surface area contributed by atoms with E-state index in [4.69, 9.17) is 0 Å². The molecule has 0 spiro atoms. The van der Waals surface area contributed by atoms with E-state index in [1.807, 2.05) is 48.6 Å². The molecule has 1 aliphatic rings. The summed E-state index contributed by atoms with van der Waals surface area (Å²) in [6.07, 6.45) is 9.33. The minimum Gasteiger partial charge on any atom is -0.363 e. The molecule has 6 nitrogen and oxygen atoms in total. The summed E-state index contributed by atoms with van der Waals surface area (Å²) in [7, 11) is 3.87. The number of piperidine rings is 1. The Balaban J connectivity index is 1.71. The first-order valence-corrected chi connectivity index (χ1v) is 7.55. The number of aromatic nitrogens is 3. The Labute approximate surface area is 130 Å². The van der Waals surface area contributed by atoms with Gasteiger partial charge in [-0.25, -0.2) is 9.97 Å². The molecule has 2 aromatic heterocycles. The zero-order valence-electron chi connectivity index (χ0n) is 13.0. The van der Waals surface area contributed by atoms with E-state index in [0.717, 1.165) is 31.7 Å². The number of likely N-dealkylation sites (tertiary alicyclic amines) is 1. The summed E-state index contributed by atoms with van der Waals surface area (Å²) in [5.41, 5.74) is 0.650. The largest absolute Gasteiger partial charge is 0.363 e. The molecule has 3 rings (SSSR count). The summed E-state index contributed by atoms with van der Waals surface area (Å²) in [6.45, 7) is 1.53. The molecule has 0 bridgehead atoms. The number of hydrogen-bond donors (Lipinski definition) is 0. The van der Waals surface area contributed by atoms with Crippen LogP contribution in [0.1, 0.15) is 29.2 Å². The van der Waals surface area contributed by atoms with E-state index in [9.17, 15) is 4.79 Å². The second-order valence-electron chi connectivity index (χ2n) is 5.86. The molecular formula is C16H21N5O. The van der Waals surface area contributed by atoms with Crippen LogP contribution in [-0.4, -0.2) is 52.5 Å². The molecule has 0 N–H and O–H groups in total. The van der Waals surface area contributed by atoms with Crippen LogP contribution in [-0.2, 0) is 0 Å². The van der Waals surface area contributed by atoms with Gasteiger partial charge in [0.25, 0.3) is 5.91 Å². The average Bonchev–Trinajstić information content (AvgIpc) is 3.09. The third kappa shape index (κ3) is 2.95. The summed E-state index contributed by atoms with van der Waals surface area (Å²) >= 11 is 0. The van der Waals surface area contributed by atoms with Gasteiger partial charge in [-0.2, -0.15) is 0 Å². The molecule has 1 atom stereocenters. The Hall–Kier alpha value is -2.37. The van der Waals surface area contributed by atoms with Gasteiger partial charge in [0.05, 0.1) is 17.9 Å². The van der Waals surface area contributed by atoms with Crippen LogP contribution in [0.15, 0.2) is 37.1 Å². The van der Waals surface area contributed by atoms with Crippen LogP contribution in [0.4, 0.5) is 5.82 Å². The van der Waals surface area contributed by atoms with Gasteiger partial charge in [-0.3, -0.25) is 4.79 Å². The van der Waals surface area contributed by atoms with Crippen molar-refractivity contribution in [1.29, 1.82) is 0 Å². The fourth-order valence-corrected chi connectivity index (χ4v) is 2.83. The van der Waals surface area contributed by atoms with Gasteiger partial charge in [0.1, 0.15) is 5.82 Å². The number of carbonyl (C=O) groups excluding carboxylic acids is 1. The summed E-state index contributed by atoms with van der Waals surface area (Å²) in [5, 5.41) is 0. The minimum absolute atomic E-state index is 0.0580. The number of nitrogens with zero attached hydrogens (tertiary/aromatic N) is 5. The van der Waals surface area contributed by atoms with Crippen molar-refractivity contribution in [2.24, 2.45) is 0 Å². The summed E-state index contributed by atoms with van der Waals surface area (Å²) in [4.78, 5) is 24.9. The highest BCUT2D eigenvalue weighted by molar-refractivity contribution is 5.94. The van der Waals surface area contributed by atoms with Gasteiger partial charge in [-0.1, -0.05) is 0 Å². The lowest BCUT2D eigenvalue weighted by Gasteiger charge is -2.33. The average molecular weight is 299 g/mol. The van der Waals surface area contributed by atoms with E-state index in [1.54, 1.807) is 12.4 Å². The van der Waals surface area contributed by atoms with Gasteiger partial charge >= 0.3 is 0 Å². The predicted octanol–water partition coefficient (Wildman–Crippen LogP) is 1.82. The molecule has 6 heteroatoms. The highest BCUT2D eigenvalue weighted by atomic mass is 16.2. The lowest BCUT2D eigenvalue weighted by atomic mass is 10.0. The zero-order chi connectivity index (χ0) is 15.5. The van der Waals surface area contributed by atoms with E-state index in [1.165, 1.54) is 0 Å². The maximum atomic E-state index is 12.6. The number of imidazole rings is 1. The molecular weight excluding hydrogens is 278 g/mol. The smallest absolute Gasteiger partial charge is 0.255 e. The Morgan fingerprint density at radius 3 is 2.86 bits per heavy atom. The van der Waals surface area contributed by atoms with Crippen LogP contribution in [0.2, 0.25) is 0 Å². The van der Waals surface area contributed by atoms with Crippen molar-refractivity contribution in [3.63, 3.8) is 0 Å². The summed E-state index contributed by atoms with van der Waals surface area (Å²) in [5.74, 6) is 0.911. The molecule has 22 heavy (non-hydrogen) atoms. The first-order chi connectivity index (χ1) is 10.6. The van der Waals surface area contributed by atoms with Gasteiger partial charge in [0.15, 0.2) is 0 Å². The van der Waals surface area contributed by atoms with Crippen LogP contribution < -0.4 is 4.90 Å². The van der Waals surface area contributed by atoms with E-state index in [2.05, 4.69) is 14.5 Å². The molecule has 116 valence electrons. The Morgan fingerprint density at radius 2 is 2.23 bits per heavy atom. The first kappa shape index (κ1) is 14.6. The molecule has 1 saturated heterocycles. The fourth-order valence-electron chi connectivity index (χ4n) is 2.83. The van der Waals surface area contributed by atoms with Crippen LogP contribution in [0.25, 0.3) is 0 Å². The molecule has 1 unspecified atom stereocenters. The highest BCUT2D eigenvalue weighted by Gasteiger charge is 2.25. The van der Waals surface area contributed by atoms with Crippen molar-refractivity contribution in [2.45, 2.75) is 18.9 Å². The van der Waals surface area contributed by atoms with Crippen molar-refractivity contribution < 1.29 is 4.79 Å². The maximum Gasteiger partial charge on any atom is 0.255 e. The van der Waals surface area contributed by atoms with Crippen molar-refractivity contribution in [2.75, 3.05) is 32.1 Å². The van der Waals surface area contributed by atoms with Gasteiger partial charge in [0, 0.05) is 45.8 Å². The number of carbonyl (C=O) groups is 1. The summed E-state index contributed by atoms with van der Waals surface area (Å²) in [6, 6.07) is 4.05. The molecule has 0 aromatic carbocycles. The van der Waals surface area contributed by atoms with Gasteiger partial charge in [-0.15, -0.1) is 0 Å². The molecule has 2 aromatic rings. The third-order valence-electron chi connectivity index (χ3n) is 4.08. The van der Waals surface area contributed by atoms with Crippen molar-refractivity contribution >= 4 is 11.7 Å². The monoisotopic (exact) mass is 299 g/mol. The second kappa shape index (κ2) is 6.17. The standard InChI is InChI=1S/C16H21N5O/c1-19(2)15-6-5-13(10-18-15)16(22)20-8-3-4-14(11-20)21-9-7-17-12-21/h5-7,9-10,12,14H,3-4,8,11H2,1-2H3. The zero-order valence-corrected chi connectivity index (χ0v) is 13.0. The molecule has 0 saturated carbocycles. The van der Waals surface area contributed by atoms with Gasteiger partial charge in [-0.05, 0) is 25.0 Å². The SMILES string of the molecule is CN(C)c1ccc(C(=O)N2CCCC(n3ccnc3)C2)cn1. The van der Waals surface area contributed by atoms with E-state index >= 15 is 0 Å². The lowest BCUT2D eigenvalue weighted by Crippen LogP contribution is -2.40. The van der Waals surface area contributed by atoms with E-state index < -0.39 is 0 Å². The fraction of sp³-hybridized carbons (Fsp3) is 0.438. The Morgan fingerprint density at radius 1 is 1.36 bits per heavy atom. The number of rotatable bonds is 3.